The van der Waals surface area contributed by atoms with Crippen LogP contribution in [0.1, 0.15) is 18.1 Å². The largest absolute Gasteiger partial charge is 0.345 e. The Bertz CT molecular complexity index is 825. The van der Waals surface area contributed by atoms with Crippen molar-refractivity contribution in [2.45, 2.75) is 13.5 Å². The topological polar surface area (TPSA) is 49.7 Å². The lowest BCUT2D eigenvalue weighted by atomic mass is 10.1. The zero-order valence-corrected chi connectivity index (χ0v) is 13.0. The molecule has 0 aliphatic carbocycles. The molecule has 2 aromatic rings. The Kier molecular flexibility index (Phi) is 3.81. The molecule has 4 nitrogen and oxygen atoms in total. The fourth-order valence-corrected chi connectivity index (χ4v) is 3.64. The summed E-state index contributed by atoms with van der Waals surface area (Å²) in [7, 11) is -3.72. The van der Waals surface area contributed by atoms with Crippen LogP contribution in [0.25, 0.3) is 5.70 Å². The van der Waals surface area contributed by atoms with Crippen molar-refractivity contribution < 1.29 is 8.42 Å². The highest BCUT2D eigenvalue weighted by Crippen LogP contribution is 2.28. The van der Waals surface area contributed by atoms with E-state index in [2.05, 4.69) is 4.40 Å². The highest BCUT2D eigenvalue weighted by Gasteiger charge is 2.28. The number of rotatable bonds is 3. The van der Waals surface area contributed by atoms with E-state index in [1.54, 1.807) is 13.0 Å². The summed E-state index contributed by atoms with van der Waals surface area (Å²) >= 11 is 0. The number of allylic oxidation sites excluding steroid dienone is 1. The van der Waals surface area contributed by atoms with Crippen LogP contribution in [0.5, 0.6) is 0 Å². The third-order valence-corrected chi connectivity index (χ3v) is 4.79. The predicted molar refractivity (Wildman–Crippen MR) is 88.4 cm³/mol. The minimum atomic E-state index is -3.72. The van der Waals surface area contributed by atoms with Crippen molar-refractivity contribution in [3.8, 4) is 0 Å². The van der Waals surface area contributed by atoms with Crippen LogP contribution >= 0.6 is 0 Å². The second-order valence-corrected chi connectivity index (χ2v) is 6.62. The van der Waals surface area contributed by atoms with Crippen LogP contribution in [0.2, 0.25) is 0 Å². The first kappa shape index (κ1) is 14.5. The lowest BCUT2D eigenvalue weighted by molar-refractivity contribution is 0.508. The third-order valence-electron chi connectivity index (χ3n) is 3.39. The molecule has 0 amide bonds. The van der Waals surface area contributed by atoms with Crippen LogP contribution in [0, 0.1) is 0 Å². The SMILES string of the molecule is CC1=NS(=O)(=O)N(Cc2ccccc2)C(c2ccccc2)=C1. The zero-order valence-electron chi connectivity index (χ0n) is 12.2. The first-order chi connectivity index (χ1) is 10.6. The lowest BCUT2D eigenvalue weighted by Crippen LogP contribution is -2.31. The Hall–Kier alpha value is -2.40. The molecule has 1 heterocycles. The summed E-state index contributed by atoms with van der Waals surface area (Å²) in [4.78, 5) is 0. The summed E-state index contributed by atoms with van der Waals surface area (Å²) in [6.45, 7) is 1.96. The molecule has 0 spiro atoms. The molecule has 5 heteroatoms. The summed E-state index contributed by atoms with van der Waals surface area (Å²) < 4.78 is 30.1. The highest BCUT2D eigenvalue weighted by atomic mass is 32.2. The van der Waals surface area contributed by atoms with Crippen molar-refractivity contribution in [2.24, 2.45) is 4.40 Å². The Labute approximate surface area is 130 Å². The van der Waals surface area contributed by atoms with E-state index in [4.69, 9.17) is 0 Å². The Morgan fingerprint density at radius 2 is 1.55 bits per heavy atom. The van der Waals surface area contributed by atoms with Gasteiger partial charge in [-0.2, -0.15) is 8.42 Å². The molecule has 2 aromatic carbocycles. The van der Waals surface area contributed by atoms with E-state index in [1.807, 2.05) is 60.7 Å². The van der Waals surface area contributed by atoms with Crippen LogP contribution in [-0.2, 0) is 16.8 Å². The molecule has 1 aliphatic rings. The summed E-state index contributed by atoms with van der Waals surface area (Å²) in [5.74, 6) is 0. The number of nitrogens with zero attached hydrogens (tertiary/aromatic N) is 2. The predicted octanol–water partition coefficient (Wildman–Crippen LogP) is 3.25. The molecule has 0 unspecified atom stereocenters. The standard InChI is InChI=1S/C17H16N2O2S/c1-14-12-17(16-10-6-3-7-11-16)19(22(20,21)18-14)13-15-8-4-2-5-9-15/h2-12H,13H2,1H3. The summed E-state index contributed by atoms with van der Waals surface area (Å²) in [6, 6.07) is 19.0. The monoisotopic (exact) mass is 312 g/mol. The van der Waals surface area contributed by atoms with Crippen LogP contribution < -0.4 is 0 Å². The first-order valence-electron chi connectivity index (χ1n) is 6.96. The van der Waals surface area contributed by atoms with Gasteiger partial charge in [0.15, 0.2) is 0 Å². The second kappa shape index (κ2) is 5.77. The summed E-state index contributed by atoms with van der Waals surface area (Å²) in [5, 5.41) is 0. The van der Waals surface area contributed by atoms with Crippen molar-refractivity contribution in [3.63, 3.8) is 0 Å². The van der Waals surface area contributed by atoms with Crippen molar-refractivity contribution in [3.05, 3.63) is 77.9 Å². The van der Waals surface area contributed by atoms with Gasteiger partial charge in [-0.15, -0.1) is 4.40 Å². The van der Waals surface area contributed by atoms with Gasteiger partial charge in [-0.25, -0.2) is 4.31 Å². The van der Waals surface area contributed by atoms with Gasteiger partial charge < -0.3 is 0 Å². The maximum atomic E-state index is 12.5. The van der Waals surface area contributed by atoms with Gasteiger partial charge in [-0.1, -0.05) is 60.7 Å². The van der Waals surface area contributed by atoms with E-state index < -0.39 is 10.2 Å². The molecule has 0 atom stereocenters. The fourth-order valence-electron chi connectivity index (χ4n) is 2.40. The maximum absolute atomic E-state index is 12.5. The van der Waals surface area contributed by atoms with E-state index in [9.17, 15) is 8.42 Å². The van der Waals surface area contributed by atoms with Crippen molar-refractivity contribution in [2.75, 3.05) is 0 Å². The molecule has 0 fully saturated rings. The average Bonchev–Trinajstić information content (AvgIpc) is 2.51. The Morgan fingerprint density at radius 3 is 2.18 bits per heavy atom. The number of hydrogen-bond acceptors (Lipinski definition) is 2. The molecule has 0 aromatic heterocycles. The zero-order chi connectivity index (χ0) is 15.6. The first-order valence-corrected chi connectivity index (χ1v) is 8.36. The normalized spacial score (nSPS) is 16.9. The van der Waals surface area contributed by atoms with E-state index >= 15 is 0 Å². The number of hydrogen-bond donors (Lipinski definition) is 0. The molecule has 3 rings (SSSR count). The number of benzene rings is 2. The second-order valence-electron chi connectivity index (χ2n) is 5.10. The molecular weight excluding hydrogens is 296 g/mol. The lowest BCUT2D eigenvalue weighted by Gasteiger charge is -2.28. The summed E-state index contributed by atoms with van der Waals surface area (Å²) in [5.41, 5.74) is 2.92. The van der Waals surface area contributed by atoms with Gasteiger partial charge >= 0.3 is 10.2 Å². The Morgan fingerprint density at radius 1 is 0.955 bits per heavy atom. The van der Waals surface area contributed by atoms with Crippen molar-refractivity contribution >= 4 is 21.6 Å². The van der Waals surface area contributed by atoms with E-state index in [1.165, 1.54) is 4.31 Å². The van der Waals surface area contributed by atoms with Crippen molar-refractivity contribution in [1.29, 1.82) is 0 Å². The molecular formula is C17H16N2O2S. The molecule has 0 radical (unpaired) electrons. The van der Waals surface area contributed by atoms with E-state index in [-0.39, 0.29) is 6.54 Å². The van der Waals surface area contributed by atoms with Gasteiger partial charge in [-0.05, 0) is 24.1 Å². The van der Waals surface area contributed by atoms with Gasteiger partial charge in [-0.3, -0.25) is 0 Å². The van der Waals surface area contributed by atoms with E-state index in [0.29, 0.717) is 11.4 Å². The van der Waals surface area contributed by atoms with Crippen molar-refractivity contribution in [1.82, 2.24) is 4.31 Å². The van der Waals surface area contributed by atoms with Gasteiger partial charge in [0.1, 0.15) is 0 Å². The smallest absolute Gasteiger partial charge is 0.247 e. The van der Waals surface area contributed by atoms with Crippen LogP contribution in [0.4, 0.5) is 0 Å². The molecule has 0 saturated heterocycles. The molecule has 22 heavy (non-hydrogen) atoms. The van der Waals surface area contributed by atoms with Crippen LogP contribution in [0.15, 0.2) is 71.1 Å². The molecule has 112 valence electrons. The fraction of sp³-hybridized carbons (Fsp3) is 0.118. The molecule has 0 saturated carbocycles. The molecule has 0 N–H and O–H groups in total. The summed E-state index contributed by atoms with van der Waals surface area (Å²) in [6.07, 6.45) is 1.80. The maximum Gasteiger partial charge on any atom is 0.345 e. The van der Waals surface area contributed by atoms with Gasteiger partial charge in [0.2, 0.25) is 0 Å². The minimum Gasteiger partial charge on any atom is -0.247 e. The third kappa shape index (κ3) is 2.94. The minimum absolute atomic E-state index is 0.265. The Balaban J connectivity index is 2.06. The van der Waals surface area contributed by atoms with Gasteiger partial charge in [0.25, 0.3) is 0 Å². The quantitative estimate of drug-likeness (QED) is 0.873. The van der Waals surface area contributed by atoms with Crippen LogP contribution in [0.3, 0.4) is 0 Å². The van der Waals surface area contributed by atoms with E-state index in [0.717, 1.165) is 11.1 Å². The van der Waals surface area contributed by atoms with Gasteiger partial charge in [0.05, 0.1) is 18.0 Å². The molecule has 1 aliphatic heterocycles. The van der Waals surface area contributed by atoms with Crippen LogP contribution in [-0.4, -0.2) is 18.4 Å². The van der Waals surface area contributed by atoms with Gasteiger partial charge in [0, 0.05) is 0 Å². The highest BCUT2D eigenvalue weighted by molar-refractivity contribution is 7.88. The molecule has 0 bridgehead atoms. The average molecular weight is 312 g/mol.